The fourth-order valence-corrected chi connectivity index (χ4v) is 4.64. The van der Waals surface area contributed by atoms with Crippen molar-refractivity contribution in [2.75, 3.05) is 24.5 Å². The van der Waals surface area contributed by atoms with E-state index in [0.717, 1.165) is 50.8 Å². The fraction of sp³-hybridized carbons (Fsp3) is 0.773. The number of aryl methyl sites for hydroxylation is 1. The van der Waals surface area contributed by atoms with Gasteiger partial charge in [0.25, 0.3) is 0 Å². The number of carbonyl (C=O) groups excluding carboxylic acids is 1. The van der Waals surface area contributed by atoms with E-state index < -0.39 is 0 Å². The Morgan fingerprint density at radius 2 is 1.89 bits per heavy atom. The van der Waals surface area contributed by atoms with E-state index in [-0.39, 0.29) is 0 Å². The van der Waals surface area contributed by atoms with Crippen molar-refractivity contribution in [3.05, 3.63) is 18.0 Å². The van der Waals surface area contributed by atoms with Crippen LogP contribution in [-0.2, 0) is 11.2 Å². The topological polar surface area (TPSA) is 49.3 Å². The summed E-state index contributed by atoms with van der Waals surface area (Å²) in [7, 11) is 0. The summed E-state index contributed by atoms with van der Waals surface area (Å²) in [6.07, 6.45) is 18.5. The monoisotopic (exact) mass is 372 g/mol. The van der Waals surface area contributed by atoms with E-state index in [2.05, 4.69) is 26.7 Å². The minimum Gasteiger partial charge on any atom is -0.342 e. The van der Waals surface area contributed by atoms with E-state index >= 15 is 0 Å². The van der Waals surface area contributed by atoms with Crippen LogP contribution in [-0.4, -0.2) is 47.0 Å². The third-order valence-corrected chi connectivity index (χ3v) is 6.36. The van der Waals surface area contributed by atoms with Crippen LogP contribution >= 0.6 is 0 Å². The number of hydrogen-bond acceptors (Lipinski definition) is 4. The Kier molecular flexibility index (Phi) is 7.91. The molecule has 1 saturated carbocycles. The normalized spacial score (nSPS) is 21.2. The summed E-state index contributed by atoms with van der Waals surface area (Å²) in [4.78, 5) is 25.0. The molecule has 0 aromatic carbocycles. The van der Waals surface area contributed by atoms with E-state index in [1.165, 1.54) is 63.4 Å². The molecule has 5 heteroatoms. The fourth-order valence-electron chi connectivity index (χ4n) is 4.64. The van der Waals surface area contributed by atoms with Gasteiger partial charge in [-0.15, -0.1) is 0 Å². The zero-order chi connectivity index (χ0) is 18.9. The summed E-state index contributed by atoms with van der Waals surface area (Å²) in [6.45, 7) is 5.22. The number of anilines is 1. The third-order valence-electron chi connectivity index (χ3n) is 6.36. The zero-order valence-electron chi connectivity index (χ0n) is 17.0. The maximum atomic E-state index is 11.5. The van der Waals surface area contributed by atoms with Gasteiger partial charge in [-0.3, -0.25) is 4.79 Å². The zero-order valence-corrected chi connectivity index (χ0v) is 17.0. The van der Waals surface area contributed by atoms with Crippen molar-refractivity contribution in [3.63, 3.8) is 0 Å². The lowest BCUT2D eigenvalue weighted by atomic mass is 9.92. The molecule has 1 aliphatic heterocycles. The van der Waals surface area contributed by atoms with Gasteiger partial charge in [0.2, 0.25) is 12.4 Å². The Balaban J connectivity index is 1.39. The predicted octanol–water partition coefficient (Wildman–Crippen LogP) is 4.22. The van der Waals surface area contributed by atoms with E-state index in [1.54, 1.807) is 0 Å². The highest BCUT2D eigenvalue weighted by molar-refractivity contribution is 5.47. The molecule has 2 aliphatic rings. The predicted molar refractivity (Wildman–Crippen MR) is 110 cm³/mol. The van der Waals surface area contributed by atoms with E-state index in [0.29, 0.717) is 6.04 Å². The van der Waals surface area contributed by atoms with Crippen molar-refractivity contribution in [1.29, 1.82) is 0 Å². The first-order valence-corrected chi connectivity index (χ1v) is 11.1. The minimum atomic E-state index is 0.504. The molecule has 2 heterocycles. The molecular weight excluding hydrogens is 336 g/mol. The quantitative estimate of drug-likeness (QED) is 0.481. The molecule has 1 aliphatic carbocycles. The van der Waals surface area contributed by atoms with Crippen LogP contribution in [0.2, 0.25) is 0 Å². The second-order valence-corrected chi connectivity index (χ2v) is 8.33. The molecule has 1 aromatic rings. The lowest BCUT2D eigenvalue weighted by Gasteiger charge is -2.33. The van der Waals surface area contributed by atoms with Crippen LogP contribution in [0.25, 0.3) is 0 Å². The Hall–Kier alpha value is -1.65. The van der Waals surface area contributed by atoms with Gasteiger partial charge < -0.3 is 9.80 Å². The Morgan fingerprint density at radius 3 is 2.59 bits per heavy atom. The number of nitrogens with zero attached hydrogens (tertiary/aromatic N) is 4. The molecule has 5 nitrogen and oxygen atoms in total. The van der Waals surface area contributed by atoms with Crippen molar-refractivity contribution in [2.24, 2.45) is 5.92 Å². The summed E-state index contributed by atoms with van der Waals surface area (Å²) in [5.74, 6) is 1.62. The average Bonchev–Trinajstić information content (AvgIpc) is 2.75. The standard InChI is InChI=1S/C22H36N4O/c1-2-19-15-23-22(24-16-19)25-14-8-10-20(17-25)9-6-7-13-26(18-27)21-11-4-3-5-12-21/h15-16,18,20-21H,2-14,17H2,1H3. The lowest BCUT2D eigenvalue weighted by Crippen LogP contribution is -2.37. The number of rotatable bonds is 9. The van der Waals surface area contributed by atoms with Crippen molar-refractivity contribution in [1.82, 2.24) is 14.9 Å². The van der Waals surface area contributed by atoms with Gasteiger partial charge in [0.15, 0.2) is 0 Å². The SMILES string of the molecule is CCc1cnc(N2CCCC(CCCCN(C=O)C3CCCCC3)C2)nc1. The van der Waals surface area contributed by atoms with Crippen LogP contribution in [0.1, 0.15) is 76.7 Å². The van der Waals surface area contributed by atoms with Crippen molar-refractivity contribution in [2.45, 2.75) is 83.6 Å². The summed E-state index contributed by atoms with van der Waals surface area (Å²) in [5, 5.41) is 0. The van der Waals surface area contributed by atoms with Gasteiger partial charge in [0.1, 0.15) is 0 Å². The molecule has 1 amide bonds. The van der Waals surface area contributed by atoms with Crippen LogP contribution in [0.15, 0.2) is 12.4 Å². The summed E-state index contributed by atoms with van der Waals surface area (Å²) in [6, 6.07) is 0.504. The lowest BCUT2D eigenvalue weighted by molar-refractivity contribution is -0.120. The number of carbonyl (C=O) groups is 1. The number of amides is 1. The molecule has 1 atom stereocenters. The van der Waals surface area contributed by atoms with E-state index in [1.807, 2.05) is 12.4 Å². The molecule has 1 unspecified atom stereocenters. The first-order chi connectivity index (χ1) is 13.3. The van der Waals surface area contributed by atoms with Crippen LogP contribution in [0.3, 0.4) is 0 Å². The Labute approximate surface area is 164 Å². The van der Waals surface area contributed by atoms with E-state index in [4.69, 9.17) is 0 Å². The van der Waals surface area contributed by atoms with Gasteiger partial charge in [-0.1, -0.05) is 32.6 Å². The summed E-state index contributed by atoms with van der Waals surface area (Å²) < 4.78 is 0. The van der Waals surface area contributed by atoms with Gasteiger partial charge in [-0.2, -0.15) is 0 Å². The molecule has 3 rings (SSSR count). The Bertz CT molecular complexity index is 556. The van der Waals surface area contributed by atoms with Gasteiger partial charge in [-0.05, 0) is 56.4 Å². The van der Waals surface area contributed by atoms with Gasteiger partial charge in [0, 0.05) is 38.1 Å². The molecule has 0 N–H and O–H groups in total. The molecule has 0 bridgehead atoms. The summed E-state index contributed by atoms with van der Waals surface area (Å²) in [5.41, 5.74) is 1.20. The smallest absolute Gasteiger partial charge is 0.225 e. The molecule has 1 saturated heterocycles. The first-order valence-electron chi connectivity index (χ1n) is 11.1. The molecule has 0 radical (unpaired) electrons. The maximum absolute atomic E-state index is 11.5. The molecule has 1 aromatic heterocycles. The van der Waals surface area contributed by atoms with Gasteiger partial charge >= 0.3 is 0 Å². The van der Waals surface area contributed by atoms with Gasteiger partial charge in [-0.25, -0.2) is 9.97 Å². The second kappa shape index (κ2) is 10.6. The molecule has 150 valence electrons. The largest absolute Gasteiger partial charge is 0.342 e. The Morgan fingerprint density at radius 1 is 1.11 bits per heavy atom. The first kappa shape index (κ1) is 20.1. The maximum Gasteiger partial charge on any atom is 0.225 e. The number of unbranched alkanes of at least 4 members (excludes halogenated alkanes) is 1. The highest BCUT2D eigenvalue weighted by atomic mass is 16.1. The van der Waals surface area contributed by atoms with Gasteiger partial charge in [0.05, 0.1) is 0 Å². The second-order valence-electron chi connectivity index (χ2n) is 8.33. The summed E-state index contributed by atoms with van der Waals surface area (Å²) >= 11 is 0. The highest BCUT2D eigenvalue weighted by Gasteiger charge is 2.22. The third kappa shape index (κ3) is 5.91. The van der Waals surface area contributed by atoms with Crippen molar-refractivity contribution in [3.8, 4) is 0 Å². The average molecular weight is 373 g/mol. The van der Waals surface area contributed by atoms with Crippen LogP contribution in [0.4, 0.5) is 5.95 Å². The molecule has 0 spiro atoms. The van der Waals surface area contributed by atoms with Crippen LogP contribution < -0.4 is 4.90 Å². The molecule has 2 fully saturated rings. The number of piperidine rings is 1. The molecular formula is C22H36N4O. The van der Waals surface area contributed by atoms with Crippen LogP contribution in [0.5, 0.6) is 0 Å². The highest BCUT2D eigenvalue weighted by Crippen LogP contribution is 2.25. The van der Waals surface area contributed by atoms with Crippen molar-refractivity contribution < 1.29 is 4.79 Å². The van der Waals surface area contributed by atoms with Crippen molar-refractivity contribution >= 4 is 12.4 Å². The van der Waals surface area contributed by atoms with Crippen LogP contribution in [0, 0.1) is 5.92 Å². The molecule has 27 heavy (non-hydrogen) atoms. The number of aromatic nitrogens is 2. The van der Waals surface area contributed by atoms with E-state index in [9.17, 15) is 4.79 Å². The minimum absolute atomic E-state index is 0.504. The number of hydrogen-bond donors (Lipinski definition) is 0.